The van der Waals surface area contributed by atoms with Crippen LogP contribution in [0.1, 0.15) is 11.0 Å². The van der Waals surface area contributed by atoms with Crippen molar-refractivity contribution in [2.75, 3.05) is 6.54 Å². The molecular formula is C18H14ClF2NO5S2. The zero-order valence-electron chi connectivity index (χ0n) is 14.5. The molecule has 11 heteroatoms. The van der Waals surface area contributed by atoms with Gasteiger partial charge >= 0.3 is 0 Å². The van der Waals surface area contributed by atoms with Crippen LogP contribution in [0.15, 0.2) is 75.1 Å². The Morgan fingerprint density at radius 3 is 2.31 bits per heavy atom. The highest BCUT2D eigenvalue weighted by atomic mass is 35.5. The summed E-state index contributed by atoms with van der Waals surface area (Å²) in [5.41, 5.74) is 0. The Hall–Kier alpha value is -2.27. The van der Waals surface area contributed by atoms with Crippen LogP contribution in [0.2, 0.25) is 5.02 Å². The summed E-state index contributed by atoms with van der Waals surface area (Å²) in [6, 6.07) is 10.1. The van der Waals surface area contributed by atoms with Crippen LogP contribution in [-0.2, 0) is 19.9 Å². The van der Waals surface area contributed by atoms with Gasteiger partial charge in [0.2, 0.25) is 10.0 Å². The van der Waals surface area contributed by atoms with E-state index in [-0.39, 0.29) is 10.7 Å². The second-order valence-electron chi connectivity index (χ2n) is 5.93. The van der Waals surface area contributed by atoms with Gasteiger partial charge in [-0.25, -0.2) is 30.3 Å². The van der Waals surface area contributed by atoms with E-state index in [4.69, 9.17) is 16.0 Å². The van der Waals surface area contributed by atoms with Crippen LogP contribution in [0, 0.1) is 11.6 Å². The van der Waals surface area contributed by atoms with Crippen molar-refractivity contribution in [3.05, 3.63) is 83.3 Å². The zero-order valence-corrected chi connectivity index (χ0v) is 16.9. The lowest BCUT2D eigenvalue weighted by Gasteiger charge is -2.17. The predicted molar refractivity (Wildman–Crippen MR) is 102 cm³/mol. The number of benzene rings is 2. The molecule has 154 valence electrons. The normalized spacial score (nSPS) is 13.3. The van der Waals surface area contributed by atoms with Crippen LogP contribution < -0.4 is 4.72 Å². The number of sulfone groups is 1. The van der Waals surface area contributed by atoms with Crippen LogP contribution in [0.5, 0.6) is 0 Å². The summed E-state index contributed by atoms with van der Waals surface area (Å²) in [6.45, 7) is -0.670. The Balaban J connectivity index is 1.95. The second-order valence-corrected chi connectivity index (χ2v) is 10.2. The molecule has 0 spiro atoms. The molecule has 0 radical (unpaired) electrons. The first-order valence-corrected chi connectivity index (χ1v) is 11.5. The Bertz CT molecular complexity index is 1210. The van der Waals surface area contributed by atoms with E-state index in [1.165, 1.54) is 42.7 Å². The molecule has 0 aliphatic rings. The van der Waals surface area contributed by atoms with Gasteiger partial charge in [-0.3, -0.25) is 0 Å². The molecule has 29 heavy (non-hydrogen) atoms. The minimum absolute atomic E-state index is 0.0256. The third-order valence-electron chi connectivity index (χ3n) is 4.02. The molecule has 0 saturated heterocycles. The van der Waals surface area contributed by atoms with Crippen molar-refractivity contribution in [2.24, 2.45) is 0 Å². The van der Waals surface area contributed by atoms with Crippen LogP contribution in [0.4, 0.5) is 8.78 Å². The minimum Gasteiger partial charge on any atom is -0.468 e. The van der Waals surface area contributed by atoms with E-state index in [1.807, 2.05) is 4.72 Å². The largest absolute Gasteiger partial charge is 0.468 e. The molecule has 2 aromatic carbocycles. The number of hydrogen-bond donors (Lipinski definition) is 1. The summed E-state index contributed by atoms with van der Waals surface area (Å²) in [5.74, 6) is -2.15. The van der Waals surface area contributed by atoms with Crippen molar-refractivity contribution >= 4 is 31.5 Å². The third kappa shape index (κ3) is 4.67. The Morgan fingerprint density at radius 2 is 1.69 bits per heavy atom. The molecule has 1 N–H and O–H groups in total. The van der Waals surface area contributed by atoms with Gasteiger partial charge in [-0.1, -0.05) is 11.6 Å². The molecule has 0 bridgehead atoms. The molecule has 3 rings (SSSR count). The monoisotopic (exact) mass is 461 g/mol. The predicted octanol–water partition coefficient (Wildman–Crippen LogP) is 3.70. The van der Waals surface area contributed by atoms with Crippen molar-refractivity contribution in [3.8, 4) is 0 Å². The summed E-state index contributed by atoms with van der Waals surface area (Å²) < 4.78 is 85.4. The average molecular weight is 462 g/mol. The van der Waals surface area contributed by atoms with E-state index < -0.39 is 48.2 Å². The van der Waals surface area contributed by atoms with E-state index in [2.05, 4.69) is 0 Å². The first-order chi connectivity index (χ1) is 13.6. The highest BCUT2D eigenvalue weighted by Gasteiger charge is 2.33. The van der Waals surface area contributed by atoms with E-state index in [9.17, 15) is 25.6 Å². The standard InChI is InChI=1S/C18H14ClF2NO5S2/c19-12-3-6-14(7-4-12)28(23,24)18(16-2-1-9-27-16)11-22-29(25,26)17-10-13(20)5-8-15(17)21/h1-10,18,22H,11H2. The number of sulfonamides is 1. The summed E-state index contributed by atoms with van der Waals surface area (Å²) in [7, 11) is -8.65. The highest BCUT2D eigenvalue weighted by Crippen LogP contribution is 2.30. The van der Waals surface area contributed by atoms with E-state index in [0.717, 1.165) is 6.07 Å². The molecule has 1 atom stereocenters. The van der Waals surface area contributed by atoms with Crippen molar-refractivity contribution in [3.63, 3.8) is 0 Å². The first kappa shape index (κ1) is 21.4. The molecular weight excluding hydrogens is 448 g/mol. The lowest BCUT2D eigenvalue weighted by atomic mass is 10.3. The van der Waals surface area contributed by atoms with Gasteiger partial charge in [0.25, 0.3) is 0 Å². The summed E-state index contributed by atoms with van der Waals surface area (Å²) in [5, 5.41) is -1.13. The lowest BCUT2D eigenvalue weighted by Crippen LogP contribution is -2.32. The van der Waals surface area contributed by atoms with Crippen LogP contribution in [0.25, 0.3) is 0 Å². The molecule has 0 amide bonds. The van der Waals surface area contributed by atoms with Crippen molar-refractivity contribution in [2.45, 2.75) is 15.0 Å². The maximum Gasteiger partial charge on any atom is 0.243 e. The van der Waals surface area contributed by atoms with Gasteiger partial charge in [0.05, 0.1) is 11.2 Å². The fourth-order valence-corrected chi connectivity index (χ4v) is 5.52. The molecule has 0 aliphatic heterocycles. The Labute approximate surface area is 171 Å². The first-order valence-electron chi connectivity index (χ1n) is 8.09. The summed E-state index contributed by atoms with van der Waals surface area (Å²) in [4.78, 5) is -1.04. The molecule has 6 nitrogen and oxygen atoms in total. The van der Waals surface area contributed by atoms with Gasteiger partial charge in [-0.15, -0.1) is 0 Å². The van der Waals surface area contributed by atoms with Crippen LogP contribution >= 0.6 is 11.6 Å². The Kier molecular flexibility index (Phi) is 6.08. The van der Waals surface area contributed by atoms with Gasteiger partial charge < -0.3 is 4.42 Å². The number of nitrogens with one attached hydrogen (secondary N) is 1. The van der Waals surface area contributed by atoms with Crippen molar-refractivity contribution in [1.82, 2.24) is 4.72 Å². The fourth-order valence-electron chi connectivity index (χ4n) is 2.57. The molecule has 3 aromatic rings. The minimum atomic E-state index is -4.54. The van der Waals surface area contributed by atoms with Crippen LogP contribution in [0.3, 0.4) is 0 Å². The second kappa shape index (κ2) is 8.23. The van der Waals surface area contributed by atoms with Gasteiger partial charge in [-0.05, 0) is 54.6 Å². The molecule has 1 heterocycles. The van der Waals surface area contributed by atoms with E-state index in [1.54, 1.807) is 0 Å². The van der Waals surface area contributed by atoms with Gasteiger partial charge in [-0.2, -0.15) is 0 Å². The highest BCUT2D eigenvalue weighted by molar-refractivity contribution is 7.92. The lowest BCUT2D eigenvalue weighted by molar-refractivity contribution is 0.486. The topological polar surface area (TPSA) is 93.4 Å². The van der Waals surface area contributed by atoms with E-state index in [0.29, 0.717) is 17.2 Å². The molecule has 0 saturated carbocycles. The van der Waals surface area contributed by atoms with Crippen LogP contribution in [-0.4, -0.2) is 23.4 Å². The molecule has 0 fully saturated rings. The van der Waals surface area contributed by atoms with Gasteiger partial charge in [0.1, 0.15) is 27.5 Å². The maximum absolute atomic E-state index is 13.9. The fraction of sp³-hybridized carbons (Fsp3) is 0.111. The molecule has 1 unspecified atom stereocenters. The number of halogens is 3. The molecule has 1 aromatic heterocycles. The number of furan rings is 1. The van der Waals surface area contributed by atoms with E-state index >= 15 is 0 Å². The number of rotatable bonds is 7. The number of hydrogen-bond acceptors (Lipinski definition) is 5. The average Bonchev–Trinajstić information content (AvgIpc) is 3.18. The van der Waals surface area contributed by atoms with Crippen molar-refractivity contribution < 1.29 is 30.0 Å². The smallest absolute Gasteiger partial charge is 0.243 e. The third-order valence-corrected chi connectivity index (χ3v) is 7.79. The SMILES string of the molecule is O=S(=O)(NCC(c1ccco1)S(=O)(=O)c1ccc(Cl)cc1)c1cc(F)ccc1F. The Morgan fingerprint density at radius 1 is 1.00 bits per heavy atom. The summed E-state index contributed by atoms with van der Waals surface area (Å²) in [6.07, 6.45) is 1.24. The van der Waals surface area contributed by atoms with Crippen molar-refractivity contribution in [1.29, 1.82) is 0 Å². The zero-order chi connectivity index (χ0) is 21.2. The molecule has 0 aliphatic carbocycles. The van der Waals surface area contributed by atoms with Gasteiger partial charge in [0.15, 0.2) is 9.84 Å². The van der Waals surface area contributed by atoms with Gasteiger partial charge in [0, 0.05) is 11.6 Å². The quantitative estimate of drug-likeness (QED) is 0.579. The summed E-state index contributed by atoms with van der Waals surface area (Å²) >= 11 is 5.79. The maximum atomic E-state index is 13.9.